The maximum Gasteiger partial charge on any atom is 0.407 e. The van der Waals surface area contributed by atoms with Crippen molar-refractivity contribution in [1.82, 2.24) is 10.3 Å². The fraction of sp³-hybridized carbons (Fsp3) is 0.739. The number of unbranched alkanes of at least 4 members (excludes halogenated alkanes) is 1. The number of hydrogen-bond donors (Lipinski definition) is 1. The van der Waals surface area contributed by atoms with Crippen LogP contribution in [0.2, 0.25) is 0 Å². The highest BCUT2D eigenvalue weighted by Crippen LogP contribution is 2.28. The Kier molecular flexibility index (Phi) is 10.4. The number of esters is 1. The zero-order valence-corrected chi connectivity index (χ0v) is 20.0. The van der Waals surface area contributed by atoms with Crippen molar-refractivity contribution < 1.29 is 23.9 Å². The van der Waals surface area contributed by atoms with Gasteiger partial charge in [0.15, 0.2) is 5.01 Å². The van der Waals surface area contributed by atoms with Gasteiger partial charge in [-0.1, -0.05) is 51.9 Å². The summed E-state index contributed by atoms with van der Waals surface area (Å²) in [7, 11) is 0. The van der Waals surface area contributed by atoms with Gasteiger partial charge in [-0.05, 0) is 39.5 Å². The Bertz CT molecular complexity index is 742. The molecular weight excluding hydrogens is 416 g/mol. The zero-order chi connectivity index (χ0) is 22.8. The largest absolute Gasteiger partial charge is 0.462 e. The number of alkyl carbamates (subject to hydrolysis) is 1. The molecule has 1 amide bonds. The average molecular weight is 453 g/mol. The number of nitrogens with zero attached hydrogens (tertiary/aromatic N) is 1. The molecule has 174 valence electrons. The Hall–Kier alpha value is -1.96. The maximum atomic E-state index is 13.1. The molecule has 1 fully saturated rings. The number of aryl methyl sites for hydroxylation is 1. The summed E-state index contributed by atoms with van der Waals surface area (Å²) in [6.45, 7) is 7.59. The fourth-order valence-electron chi connectivity index (χ4n) is 4.01. The molecule has 0 radical (unpaired) electrons. The minimum absolute atomic E-state index is 0.192. The Balaban J connectivity index is 1.99. The number of rotatable bonds is 11. The number of ketones is 1. The van der Waals surface area contributed by atoms with E-state index in [4.69, 9.17) is 9.47 Å². The van der Waals surface area contributed by atoms with Crippen LogP contribution < -0.4 is 5.32 Å². The number of ether oxygens (including phenoxy) is 2. The molecule has 7 nitrogen and oxygen atoms in total. The van der Waals surface area contributed by atoms with Gasteiger partial charge in [0.05, 0.1) is 18.3 Å². The third-order valence-electron chi connectivity index (χ3n) is 5.62. The molecule has 1 saturated carbocycles. The summed E-state index contributed by atoms with van der Waals surface area (Å²) >= 11 is 1.01. The van der Waals surface area contributed by atoms with Crippen molar-refractivity contribution in [3.8, 4) is 0 Å². The molecule has 1 N–H and O–H groups in total. The lowest BCUT2D eigenvalue weighted by Crippen LogP contribution is -2.42. The third-order valence-corrected chi connectivity index (χ3v) is 6.77. The molecule has 1 heterocycles. The third kappa shape index (κ3) is 7.91. The Morgan fingerprint density at radius 1 is 1.19 bits per heavy atom. The normalized spacial score (nSPS) is 16.4. The van der Waals surface area contributed by atoms with E-state index in [1.807, 2.05) is 13.8 Å². The van der Waals surface area contributed by atoms with Crippen molar-refractivity contribution in [3.05, 3.63) is 15.6 Å². The van der Waals surface area contributed by atoms with Gasteiger partial charge >= 0.3 is 12.1 Å². The van der Waals surface area contributed by atoms with Crippen molar-refractivity contribution >= 4 is 29.2 Å². The maximum absolute atomic E-state index is 13.1. The van der Waals surface area contributed by atoms with E-state index in [2.05, 4.69) is 10.3 Å². The molecule has 2 rings (SSSR count). The molecule has 31 heavy (non-hydrogen) atoms. The van der Waals surface area contributed by atoms with Gasteiger partial charge in [0.25, 0.3) is 0 Å². The van der Waals surface area contributed by atoms with Crippen molar-refractivity contribution in [2.75, 3.05) is 6.61 Å². The van der Waals surface area contributed by atoms with Crippen LogP contribution in [0.4, 0.5) is 4.79 Å². The average Bonchev–Trinajstić information content (AvgIpc) is 3.13. The first-order valence-electron chi connectivity index (χ1n) is 11.5. The number of hydrogen-bond acceptors (Lipinski definition) is 7. The lowest BCUT2D eigenvalue weighted by molar-refractivity contribution is 0.0530. The molecule has 0 aliphatic heterocycles. The second-order valence-electron chi connectivity index (χ2n) is 8.31. The van der Waals surface area contributed by atoms with Crippen LogP contribution in [0.5, 0.6) is 0 Å². The molecule has 0 aromatic carbocycles. The highest BCUT2D eigenvalue weighted by molar-refractivity contribution is 7.15. The van der Waals surface area contributed by atoms with Crippen LogP contribution in [-0.4, -0.2) is 41.6 Å². The Morgan fingerprint density at radius 3 is 2.55 bits per heavy atom. The molecule has 2 atom stereocenters. The number of nitrogens with one attached hydrogen (secondary N) is 1. The number of carbonyl (C=O) groups is 3. The highest BCUT2D eigenvalue weighted by atomic mass is 32.1. The van der Waals surface area contributed by atoms with Gasteiger partial charge < -0.3 is 14.8 Å². The molecule has 0 unspecified atom stereocenters. The lowest BCUT2D eigenvalue weighted by atomic mass is 9.86. The number of aromatic nitrogens is 1. The number of amides is 1. The van der Waals surface area contributed by atoms with Gasteiger partial charge in [-0.15, -0.1) is 11.3 Å². The zero-order valence-electron chi connectivity index (χ0n) is 19.2. The van der Waals surface area contributed by atoms with Crippen LogP contribution in [0.3, 0.4) is 0 Å². The van der Waals surface area contributed by atoms with Gasteiger partial charge in [-0.3, -0.25) is 4.79 Å². The smallest absolute Gasteiger partial charge is 0.407 e. The summed E-state index contributed by atoms with van der Waals surface area (Å²) in [5, 5.41) is 2.95. The van der Waals surface area contributed by atoms with Crippen molar-refractivity contribution in [2.24, 2.45) is 5.92 Å². The van der Waals surface area contributed by atoms with Crippen LogP contribution in [-0.2, 0) is 9.47 Å². The van der Waals surface area contributed by atoms with Gasteiger partial charge in [-0.25, -0.2) is 14.6 Å². The molecule has 0 saturated heterocycles. The summed E-state index contributed by atoms with van der Waals surface area (Å²) < 4.78 is 10.6. The summed E-state index contributed by atoms with van der Waals surface area (Å²) in [5.41, 5.74) is 0.463. The predicted molar refractivity (Wildman–Crippen MR) is 121 cm³/mol. The van der Waals surface area contributed by atoms with E-state index >= 15 is 0 Å². The van der Waals surface area contributed by atoms with E-state index in [-0.39, 0.29) is 23.5 Å². The predicted octanol–water partition coefficient (Wildman–Crippen LogP) is 5.45. The number of Topliss-reactive ketones (excluding diaryl/α,β-unsaturated/α-hetero) is 1. The number of carbonyl (C=O) groups excluding carboxylic acids is 3. The fourth-order valence-corrected chi connectivity index (χ4v) is 4.97. The first kappa shape index (κ1) is 25.3. The molecular formula is C23H36N2O5S. The van der Waals surface area contributed by atoms with Crippen LogP contribution >= 0.6 is 11.3 Å². The molecule has 0 bridgehead atoms. The van der Waals surface area contributed by atoms with Crippen molar-refractivity contribution in [1.29, 1.82) is 0 Å². The minimum Gasteiger partial charge on any atom is -0.462 e. The Morgan fingerprint density at radius 2 is 1.90 bits per heavy atom. The van der Waals surface area contributed by atoms with Gasteiger partial charge in [0.2, 0.25) is 5.78 Å². The van der Waals surface area contributed by atoms with Gasteiger partial charge in [0.1, 0.15) is 11.0 Å². The van der Waals surface area contributed by atoms with Crippen LogP contribution in [0.15, 0.2) is 0 Å². The molecule has 1 aliphatic carbocycles. The first-order valence-corrected chi connectivity index (χ1v) is 12.3. The summed E-state index contributed by atoms with van der Waals surface area (Å²) in [6.07, 6.45) is 8.44. The van der Waals surface area contributed by atoms with E-state index in [9.17, 15) is 14.4 Å². The van der Waals surface area contributed by atoms with E-state index < -0.39 is 18.1 Å². The van der Waals surface area contributed by atoms with Crippen molar-refractivity contribution in [3.63, 3.8) is 0 Å². The van der Waals surface area contributed by atoms with E-state index in [1.165, 1.54) is 32.1 Å². The van der Waals surface area contributed by atoms with E-state index in [0.717, 1.165) is 30.6 Å². The number of thiazole rings is 1. The van der Waals surface area contributed by atoms with Crippen LogP contribution in [0.1, 0.15) is 104 Å². The summed E-state index contributed by atoms with van der Waals surface area (Å²) in [6, 6.07) is -0.727. The molecule has 1 aromatic heterocycles. The first-order chi connectivity index (χ1) is 14.8. The van der Waals surface area contributed by atoms with E-state index in [1.54, 1.807) is 13.8 Å². The SMILES string of the molecule is CCCC[C@H](NC(=O)O[C@@H](C)CC1CCCCC1)C(=O)c1nc(C)c(C(=O)OCC)s1. The standard InChI is InChI=1S/C23H36N2O5S/c1-5-7-13-18(19(26)21-24-16(4)20(31-21)22(27)29-6-2)25-23(28)30-15(3)14-17-11-9-8-10-12-17/h15,17-18H,5-14H2,1-4H3,(H,25,28)/t15-,18-/m0/s1. The molecule has 1 aliphatic rings. The highest BCUT2D eigenvalue weighted by Gasteiger charge is 2.28. The van der Waals surface area contributed by atoms with Crippen LogP contribution in [0, 0.1) is 12.8 Å². The minimum atomic E-state index is -0.727. The van der Waals surface area contributed by atoms with Crippen molar-refractivity contribution in [2.45, 2.75) is 97.6 Å². The monoisotopic (exact) mass is 452 g/mol. The van der Waals surface area contributed by atoms with E-state index in [0.29, 0.717) is 22.9 Å². The molecule has 1 aromatic rings. The topological polar surface area (TPSA) is 94.6 Å². The summed E-state index contributed by atoms with van der Waals surface area (Å²) in [5.74, 6) is -0.173. The second-order valence-corrected chi connectivity index (χ2v) is 9.31. The molecule has 8 heteroatoms. The second kappa shape index (κ2) is 12.8. The van der Waals surface area contributed by atoms with Crippen LogP contribution in [0.25, 0.3) is 0 Å². The quantitative estimate of drug-likeness (QED) is 0.354. The van der Waals surface area contributed by atoms with Gasteiger partial charge in [-0.2, -0.15) is 0 Å². The summed E-state index contributed by atoms with van der Waals surface area (Å²) in [4.78, 5) is 42.2. The Labute approximate surface area is 189 Å². The van der Waals surface area contributed by atoms with Gasteiger partial charge in [0, 0.05) is 0 Å². The lowest BCUT2D eigenvalue weighted by Gasteiger charge is -2.25. The molecule has 0 spiro atoms.